The fraction of sp³-hybridized carbons (Fsp3) is 0.294. The third-order valence-electron chi connectivity index (χ3n) is 3.25. The Labute approximate surface area is 145 Å². The summed E-state index contributed by atoms with van der Waals surface area (Å²) in [6.07, 6.45) is 2.30. The lowest BCUT2D eigenvalue weighted by atomic mass is 10.2. The van der Waals surface area contributed by atoms with Crippen LogP contribution in [-0.4, -0.2) is 35.0 Å². The Morgan fingerprint density at radius 2 is 1.92 bits per heavy atom. The molecule has 0 unspecified atom stereocenters. The molecule has 0 saturated heterocycles. The van der Waals surface area contributed by atoms with Gasteiger partial charge in [0.15, 0.2) is 0 Å². The molecule has 8 heteroatoms. The second kappa shape index (κ2) is 8.62. The summed E-state index contributed by atoms with van der Waals surface area (Å²) in [6, 6.07) is 6.60. The molecule has 0 spiro atoms. The van der Waals surface area contributed by atoms with E-state index in [9.17, 15) is 9.59 Å². The van der Waals surface area contributed by atoms with Gasteiger partial charge in [-0.05, 0) is 37.6 Å². The van der Waals surface area contributed by atoms with Gasteiger partial charge in [0.25, 0.3) is 0 Å². The Balaban J connectivity index is 2.22. The van der Waals surface area contributed by atoms with Gasteiger partial charge >= 0.3 is 5.97 Å². The van der Waals surface area contributed by atoms with Crippen molar-refractivity contribution >= 4 is 29.3 Å². The van der Waals surface area contributed by atoms with Crippen LogP contribution in [-0.2, 0) is 4.74 Å². The van der Waals surface area contributed by atoms with Crippen LogP contribution in [0.4, 0.5) is 17.5 Å². The third kappa shape index (κ3) is 4.90. The van der Waals surface area contributed by atoms with Crippen LogP contribution in [0.2, 0.25) is 0 Å². The molecule has 8 nitrogen and oxygen atoms in total. The van der Waals surface area contributed by atoms with E-state index in [-0.39, 0.29) is 12.2 Å². The Bertz CT molecular complexity index is 746. The van der Waals surface area contributed by atoms with Gasteiger partial charge in [0.2, 0.25) is 11.9 Å². The van der Waals surface area contributed by atoms with Crippen LogP contribution in [0.1, 0.15) is 41.0 Å². The summed E-state index contributed by atoms with van der Waals surface area (Å²) in [5, 5.41) is 6.12. The van der Waals surface area contributed by atoms with E-state index in [1.807, 2.05) is 6.92 Å². The highest BCUT2D eigenvalue weighted by atomic mass is 16.5. The second-order valence-electron chi connectivity index (χ2n) is 5.17. The number of benzene rings is 1. The molecule has 1 amide bonds. The molecule has 2 aromatic rings. The summed E-state index contributed by atoms with van der Waals surface area (Å²) < 4.78 is 5.02. The molecule has 0 fully saturated rings. The molecule has 0 atom stereocenters. The van der Waals surface area contributed by atoms with Gasteiger partial charge in [-0.1, -0.05) is 6.92 Å². The molecule has 0 aliphatic rings. The van der Waals surface area contributed by atoms with Gasteiger partial charge < -0.3 is 21.1 Å². The number of primary amides is 1. The second-order valence-corrected chi connectivity index (χ2v) is 5.17. The van der Waals surface area contributed by atoms with E-state index in [0.717, 1.165) is 6.42 Å². The highest BCUT2D eigenvalue weighted by Gasteiger charge is 2.15. The number of anilines is 3. The van der Waals surface area contributed by atoms with E-state index < -0.39 is 11.9 Å². The number of carbonyl (C=O) groups is 2. The van der Waals surface area contributed by atoms with Crippen molar-refractivity contribution in [1.29, 1.82) is 0 Å². The summed E-state index contributed by atoms with van der Waals surface area (Å²) in [5.74, 6) is -0.240. The Kier molecular flexibility index (Phi) is 6.27. The van der Waals surface area contributed by atoms with Crippen LogP contribution < -0.4 is 16.4 Å². The van der Waals surface area contributed by atoms with Crippen molar-refractivity contribution in [3.63, 3.8) is 0 Å². The molecule has 0 saturated carbocycles. The van der Waals surface area contributed by atoms with Gasteiger partial charge in [0.1, 0.15) is 11.4 Å². The molecule has 0 aliphatic heterocycles. The molecule has 0 aliphatic carbocycles. The largest absolute Gasteiger partial charge is 0.462 e. The molecule has 4 N–H and O–H groups in total. The molecule has 1 aromatic heterocycles. The summed E-state index contributed by atoms with van der Waals surface area (Å²) in [6.45, 7) is 4.69. The number of ether oxygens (including phenoxy) is 1. The van der Waals surface area contributed by atoms with Crippen LogP contribution in [0.3, 0.4) is 0 Å². The van der Waals surface area contributed by atoms with Crippen LogP contribution in [0.15, 0.2) is 30.5 Å². The fourth-order valence-electron chi connectivity index (χ4n) is 2.03. The quantitative estimate of drug-likeness (QED) is 0.629. The number of nitrogens with zero attached hydrogens (tertiary/aromatic N) is 2. The molecular weight excluding hydrogens is 322 g/mol. The summed E-state index contributed by atoms with van der Waals surface area (Å²) >= 11 is 0. The molecule has 2 rings (SSSR count). The normalized spacial score (nSPS) is 10.2. The van der Waals surface area contributed by atoms with E-state index in [4.69, 9.17) is 10.5 Å². The van der Waals surface area contributed by atoms with Crippen molar-refractivity contribution in [2.24, 2.45) is 5.73 Å². The van der Waals surface area contributed by atoms with Crippen molar-refractivity contribution in [2.45, 2.75) is 20.3 Å². The van der Waals surface area contributed by atoms with Crippen molar-refractivity contribution < 1.29 is 14.3 Å². The first-order chi connectivity index (χ1) is 12.0. The van der Waals surface area contributed by atoms with Crippen molar-refractivity contribution in [2.75, 3.05) is 23.8 Å². The van der Waals surface area contributed by atoms with E-state index in [1.54, 1.807) is 31.2 Å². The third-order valence-corrected chi connectivity index (χ3v) is 3.25. The number of hydrogen-bond donors (Lipinski definition) is 3. The number of rotatable bonds is 8. The molecule has 25 heavy (non-hydrogen) atoms. The maximum Gasteiger partial charge on any atom is 0.343 e. The predicted molar refractivity (Wildman–Crippen MR) is 95.0 cm³/mol. The average molecular weight is 343 g/mol. The van der Waals surface area contributed by atoms with Gasteiger partial charge in [-0.15, -0.1) is 0 Å². The van der Waals surface area contributed by atoms with Crippen LogP contribution in [0.5, 0.6) is 0 Å². The lowest BCUT2D eigenvalue weighted by molar-refractivity contribution is 0.0526. The zero-order chi connectivity index (χ0) is 18.2. The van der Waals surface area contributed by atoms with Gasteiger partial charge in [0.05, 0.1) is 6.61 Å². The molecule has 1 aromatic carbocycles. The SMILES string of the molecule is CCCNc1nc(Nc2ccc(C(N)=O)cc2)ncc1C(=O)OCC. The number of amides is 1. The molecule has 0 radical (unpaired) electrons. The average Bonchev–Trinajstić information content (AvgIpc) is 2.60. The van der Waals surface area contributed by atoms with E-state index in [1.165, 1.54) is 6.20 Å². The highest BCUT2D eigenvalue weighted by Crippen LogP contribution is 2.19. The first kappa shape index (κ1) is 18.2. The summed E-state index contributed by atoms with van der Waals surface area (Å²) in [5.41, 5.74) is 6.60. The number of aromatic nitrogens is 2. The van der Waals surface area contributed by atoms with Crippen LogP contribution in [0.25, 0.3) is 0 Å². The Hall–Kier alpha value is -3.16. The Morgan fingerprint density at radius 3 is 2.52 bits per heavy atom. The summed E-state index contributed by atoms with van der Waals surface area (Å²) in [7, 11) is 0. The first-order valence-electron chi connectivity index (χ1n) is 8.00. The molecule has 0 bridgehead atoms. The maximum atomic E-state index is 12.0. The highest BCUT2D eigenvalue weighted by molar-refractivity contribution is 5.94. The minimum atomic E-state index is -0.493. The van der Waals surface area contributed by atoms with Crippen molar-refractivity contribution in [3.05, 3.63) is 41.6 Å². The maximum absolute atomic E-state index is 12.0. The summed E-state index contributed by atoms with van der Waals surface area (Å²) in [4.78, 5) is 31.6. The Morgan fingerprint density at radius 1 is 1.20 bits per heavy atom. The zero-order valence-corrected chi connectivity index (χ0v) is 14.2. The number of esters is 1. The van der Waals surface area contributed by atoms with Crippen molar-refractivity contribution in [1.82, 2.24) is 9.97 Å². The fourth-order valence-corrected chi connectivity index (χ4v) is 2.03. The lowest BCUT2D eigenvalue weighted by Gasteiger charge is -2.12. The molecule has 1 heterocycles. The molecular formula is C17H21N5O3. The zero-order valence-electron chi connectivity index (χ0n) is 14.2. The van der Waals surface area contributed by atoms with Crippen LogP contribution >= 0.6 is 0 Å². The number of carbonyl (C=O) groups excluding carboxylic acids is 2. The first-order valence-corrected chi connectivity index (χ1v) is 8.00. The minimum Gasteiger partial charge on any atom is -0.462 e. The van der Waals surface area contributed by atoms with Gasteiger partial charge in [-0.3, -0.25) is 4.79 Å². The predicted octanol–water partition coefficient (Wildman–Crippen LogP) is 2.32. The number of nitrogens with two attached hydrogens (primary N) is 1. The lowest BCUT2D eigenvalue weighted by Crippen LogP contribution is -2.14. The van der Waals surface area contributed by atoms with E-state index in [0.29, 0.717) is 29.6 Å². The van der Waals surface area contributed by atoms with Gasteiger partial charge in [0, 0.05) is 24.0 Å². The van der Waals surface area contributed by atoms with Crippen molar-refractivity contribution in [3.8, 4) is 0 Å². The monoisotopic (exact) mass is 343 g/mol. The molecule has 132 valence electrons. The van der Waals surface area contributed by atoms with E-state index >= 15 is 0 Å². The van der Waals surface area contributed by atoms with E-state index in [2.05, 4.69) is 20.6 Å². The topological polar surface area (TPSA) is 119 Å². The number of hydrogen-bond acceptors (Lipinski definition) is 7. The van der Waals surface area contributed by atoms with Crippen LogP contribution in [0, 0.1) is 0 Å². The van der Waals surface area contributed by atoms with Gasteiger partial charge in [-0.25, -0.2) is 9.78 Å². The smallest absolute Gasteiger partial charge is 0.343 e. The minimum absolute atomic E-state index is 0.276. The van der Waals surface area contributed by atoms with Gasteiger partial charge in [-0.2, -0.15) is 4.98 Å². The number of nitrogens with one attached hydrogen (secondary N) is 2. The standard InChI is InChI=1S/C17H21N5O3/c1-3-9-19-15-13(16(24)25-4-2)10-20-17(22-15)21-12-7-5-11(6-8-12)14(18)23/h5-8,10H,3-4,9H2,1-2H3,(H2,18,23)(H2,19,20,21,22).